The number of fused-ring (bicyclic) bond motifs is 1. The second-order valence-electron chi connectivity index (χ2n) is 8.22. The van der Waals surface area contributed by atoms with E-state index in [0.29, 0.717) is 22.5 Å². The molecule has 0 saturated carbocycles. The molecule has 0 bridgehead atoms. The van der Waals surface area contributed by atoms with Crippen molar-refractivity contribution in [1.29, 1.82) is 0 Å². The average molecular weight is 490 g/mol. The van der Waals surface area contributed by atoms with E-state index in [4.69, 9.17) is 4.98 Å². The van der Waals surface area contributed by atoms with E-state index >= 15 is 0 Å². The molecule has 4 aromatic carbocycles. The summed E-state index contributed by atoms with van der Waals surface area (Å²) in [5.74, 6) is -0.366. The van der Waals surface area contributed by atoms with Crippen LogP contribution in [0.3, 0.4) is 0 Å². The van der Waals surface area contributed by atoms with Crippen molar-refractivity contribution in [1.82, 2.24) is 4.98 Å². The molecule has 9 nitrogen and oxygen atoms in total. The van der Waals surface area contributed by atoms with Gasteiger partial charge in [-0.05, 0) is 59.7 Å². The molecule has 180 valence electrons. The van der Waals surface area contributed by atoms with Gasteiger partial charge in [0, 0.05) is 46.5 Å². The zero-order valence-electron chi connectivity index (χ0n) is 19.2. The highest BCUT2D eigenvalue weighted by atomic mass is 16.6. The van der Waals surface area contributed by atoms with Crippen molar-refractivity contribution in [3.63, 3.8) is 0 Å². The molecular formula is C28H18N4O5. The Morgan fingerprint density at radius 2 is 1.32 bits per heavy atom. The number of carbonyl (C=O) groups excluding carboxylic acids is 1. The Morgan fingerprint density at radius 3 is 1.95 bits per heavy atom. The molecule has 1 heterocycles. The van der Waals surface area contributed by atoms with E-state index in [1.807, 2.05) is 36.4 Å². The summed E-state index contributed by atoms with van der Waals surface area (Å²) in [6, 6.07) is 28.5. The number of nitro groups is 2. The highest BCUT2D eigenvalue weighted by molar-refractivity contribution is 6.08. The van der Waals surface area contributed by atoms with Gasteiger partial charge in [-0.25, -0.2) is 4.98 Å². The van der Waals surface area contributed by atoms with Gasteiger partial charge in [-0.1, -0.05) is 30.3 Å². The van der Waals surface area contributed by atoms with Crippen LogP contribution in [-0.2, 0) is 0 Å². The molecule has 0 aliphatic heterocycles. The molecular weight excluding hydrogens is 472 g/mol. The first-order valence-corrected chi connectivity index (χ1v) is 11.2. The molecule has 1 amide bonds. The molecule has 0 spiro atoms. The van der Waals surface area contributed by atoms with Crippen molar-refractivity contribution >= 4 is 33.9 Å². The number of anilines is 1. The third kappa shape index (κ3) is 4.87. The van der Waals surface area contributed by atoms with Crippen LogP contribution in [0.25, 0.3) is 33.3 Å². The smallest absolute Gasteiger partial charge is 0.269 e. The summed E-state index contributed by atoms with van der Waals surface area (Å²) in [6.45, 7) is 0. The van der Waals surface area contributed by atoms with Gasteiger partial charge in [0.25, 0.3) is 17.3 Å². The highest BCUT2D eigenvalue weighted by Gasteiger charge is 2.15. The Balaban J connectivity index is 1.55. The summed E-state index contributed by atoms with van der Waals surface area (Å²) in [4.78, 5) is 38.7. The quantitative estimate of drug-likeness (QED) is 0.210. The molecule has 0 aliphatic carbocycles. The highest BCUT2D eigenvalue weighted by Crippen LogP contribution is 2.33. The van der Waals surface area contributed by atoms with Crippen molar-refractivity contribution in [2.24, 2.45) is 0 Å². The van der Waals surface area contributed by atoms with Gasteiger partial charge >= 0.3 is 0 Å². The lowest BCUT2D eigenvalue weighted by Crippen LogP contribution is -2.11. The van der Waals surface area contributed by atoms with Crippen LogP contribution in [0, 0.1) is 20.2 Å². The van der Waals surface area contributed by atoms with Gasteiger partial charge in [0.05, 0.1) is 21.1 Å². The molecule has 5 aromatic rings. The van der Waals surface area contributed by atoms with Gasteiger partial charge < -0.3 is 5.32 Å². The lowest BCUT2D eigenvalue weighted by atomic mass is 9.97. The Kier molecular flexibility index (Phi) is 6.09. The zero-order valence-corrected chi connectivity index (χ0v) is 19.2. The first-order valence-electron chi connectivity index (χ1n) is 11.2. The molecule has 0 saturated heterocycles. The largest absolute Gasteiger partial charge is 0.322 e. The lowest BCUT2D eigenvalue weighted by Gasteiger charge is -2.12. The number of pyridine rings is 1. The first kappa shape index (κ1) is 23.3. The van der Waals surface area contributed by atoms with E-state index in [1.54, 1.807) is 30.3 Å². The summed E-state index contributed by atoms with van der Waals surface area (Å²) in [7, 11) is 0. The van der Waals surface area contributed by atoms with Gasteiger partial charge in [-0.2, -0.15) is 0 Å². The second-order valence-corrected chi connectivity index (χ2v) is 8.22. The van der Waals surface area contributed by atoms with Crippen molar-refractivity contribution in [2.75, 3.05) is 5.32 Å². The van der Waals surface area contributed by atoms with Crippen LogP contribution in [0.15, 0.2) is 103 Å². The summed E-state index contributed by atoms with van der Waals surface area (Å²) < 4.78 is 0. The van der Waals surface area contributed by atoms with E-state index in [1.165, 1.54) is 36.4 Å². The molecule has 0 atom stereocenters. The average Bonchev–Trinajstić information content (AvgIpc) is 2.93. The predicted molar refractivity (Wildman–Crippen MR) is 140 cm³/mol. The van der Waals surface area contributed by atoms with E-state index < -0.39 is 9.85 Å². The Hall–Kier alpha value is -5.44. The van der Waals surface area contributed by atoms with Crippen molar-refractivity contribution in [3.8, 4) is 22.4 Å². The number of hydrogen-bond donors (Lipinski definition) is 1. The van der Waals surface area contributed by atoms with Crippen molar-refractivity contribution in [3.05, 3.63) is 129 Å². The van der Waals surface area contributed by atoms with Crippen LogP contribution in [-0.4, -0.2) is 20.7 Å². The lowest BCUT2D eigenvalue weighted by molar-refractivity contribution is -0.385. The maximum Gasteiger partial charge on any atom is 0.269 e. The number of aromatic nitrogens is 1. The fraction of sp³-hybridized carbons (Fsp3) is 0. The van der Waals surface area contributed by atoms with Crippen molar-refractivity contribution in [2.45, 2.75) is 0 Å². The molecule has 0 aliphatic rings. The fourth-order valence-electron chi connectivity index (χ4n) is 4.00. The van der Waals surface area contributed by atoms with Crippen LogP contribution in [0.4, 0.5) is 17.1 Å². The van der Waals surface area contributed by atoms with Gasteiger partial charge in [0.15, 0.2) is 0 Å². The van der Waals surface area contributed by atoms with Gasteiger partial charge in [-0.15, -0.1) is 0 Å². The topological polar surface area (TPSA) is 128 Å². The standard InChI is InChI=1S/C28H18N4O5/c33-28(29-21-9-13-23(14-10-21)32(36)37)20-8-15-26-25(16-20)24(18-4-2-1-3-5-18)17-27(30-26)19-6-11-22(12-7-19)31(34)35/h1-17H,(H,29,33). The minimum atomic E-state index is -0.502. The molecule has 0 unspecified atom stereocenters. The van der Waals surface area contributed by atoms with Crippen molar-refractivity contribution < 1.29 is 14.6 Å². The number of nitrogens with one attached hydrogen (secondary N) is 1. The number of benzene rings is 4. The summed E-state index contributed by atoms with van der Waals surface area (Å²) in [6.07, 6.45) is 0. The second kappa shape index (κ2) is 9.67. The Bertz CT molecular complexity index is 1650. The normalized spacial score (nSPS) is 10.7. The molecule has 0 radical (unpaired) electrons. The minimum Gasteiger partial charge on any atom is -0.322 e. The number of carbonyl (C=O) groups is 1. The summed E-state index contributed by atoms with van der Waals surface area (Å²) >= 11 is 0. The molecule has 37 heavy (non-hydrogen) atoms. The van der Waals surface area contributed by atoms with E-state index in [9.17, 15) is 25.0 Å². The van der Waals surface area contributed by atoms with E-state index in [2.05, 4.69) is 5.32 Å². The maximum absolute atomic E-state index is 13.0. The molecule has 0 fully saturated rings. The summed E-state index contributed by atoms with van der Waals surface area (Å²) in [5, 5.41) is 25.4. The molecule has 5 rings (SSSR count). The SMILES string of the molecule is O=C(Nc1ccc([N+](=O)[O-])cc1)c1ccc2nc(-c3ccc([N+](=O)[O-])cc3)cc(-c3ccccc3)c2c1. The summed E-state index contributed by atoms with van der Waals surface area (Å²) in [5.41, 5.74) is 4.56. The number of amides is 1. The molecule has 9 heteroatoms. The number of hydrogen-bond acceptors (Lipinski definition) is 6. The van der Waals surface area contributed by atoms with Crippen LogP contribution < -0.4 is 5.32 Å². The Labute approximate surface area is 210 Å². The van der Waals surface area contributed by atoms with Crippen LogP contribution >= 0.6 is 0 Å². The fourth-order valence-corrected chi connectivity index (χ4v) is 4.00. The van der Waals surface area contributed by atoms with E-state index in [-0.39, 0.29) is 17.3 Å². The van der Waals surface area contributed by atoms with Gasteiger partial charge in [0.2, 0.25) is 0 Å². The number of non-ortho nitro benzene ring substituents is 2. The first-order chi connectivity index (χ1) is 17.9. The Morgan fingerprint density at radius 1 is 0.703 bits per heavy atom. The number of nitro benzene ring substituents is 2. The predicted octanol–water partition coefficient (Wildman–Crippen LogP) is 6.64. The van der Waals surface area contributed by atoms with Crippen LogP contribution in [0.5, 0.6) is 0 Å². The van der Waals surface area contributed by atoms with E-state index in [0.717, 1.165) is 22.1 Å². The zero-order chi connectivity index (χ0) is 25.9. The van der Waals surface area contributed by atoms with Crippen LogP contribution in [0.1, 0.15) is 10.4 Å². The monoisotopic (exact) mass is 490 g/mol. The third-order valence-electron chi connectivity index (χ3n) is 5.87. The molecule has 1 N–H and O–H groups in total. The number of nitrogens with zero attached hydrogens (tertiary/aromatic N) is 3. The molecule has 1 aromatic heterocycles. The maximum atomic E-state index is 13.0. The van der Waals surface area contributed by atoms with Gasteiger partial charge in [-0.3, -0.25) is 25.0 Å². The minimum absolute atomic E-state index is 0.00324. The third-order valence-corrected chi connectivity index (χ3v) is 5.87. The van der Waals surface area contributed by atoms with Gasteiger partial charge in [0.1, 0.15) is 0 Å². The number of rotatable bonds is 6. The van der Waals surface area contributed by atoms with Crippen LogP contribution in [0.2, 0.25) is 0 Å².